The van der Waals surface area contributed by atoms with Crippen LogP contribution in [0.4, 0.5) is 0 Å². The summed E-state index contributed by atoms with van der Waals surface area (Å²) in [4.78, 5) is 16.7. The zero-order valence-corrected chi connectivity index (χ0v) is 13.3. The van der Waals surface area contributed by atoms with Gasteiger partial charge >= 0.3 is 0 Å². The van der Waals surface area contributed by atoms with Crippen molar-refractivity contribution in [2.75, 3.05) is 26.2 Å². The number of carbonyl (C=O) groups is 1. The predicted octanol–water partition coefficient (Wildman–Crippen LogP) is 1.71. The Morgan fingerprint density at radius 1 is 1.26 bits per heavy atom. The van der Waals surface area contributed by atoms with E-state index in [4.69, 9.17) is 0 Å². The molecule has 0 bridgehead atoms. The highest BCUT2D eigenvalue weighted by molar-refractivity contribution is 5.78. The van der Waals surface area contributed by atoms with Crippen LogP contribution in [0.5, 0.6) is 0 Å². The lowest BCUT2D eigenvalue weighted by atomic mass is 10.2. The fourth-order valence-electron chi connectivity index (χ4n) is 2.97. The highest BCUT2D eigenvalue weighted by Crippen LogP contribution is 2.09. The quantitative estimate of drug-likeness (QED) is 0.764. The molecule has 4 heteroatoms. The Balaban J connectivity index is 2.50. The van der Waals surface area contributed by atoms with E-state index >= 15 is 0 Å². The zero-order valence-electron chi connectivity index (χ0n) is 13.3. The van der Waals surface area contributed by atoms with E-state index in [-0.39, 0.29) is 18.0 Å². The van der Waals surface area contributed by atoms with E-state index in [0.29, 0.717) is 12.6 Å². The van der Waals surface area contributed by atoms with Crippen LogP contribution in [-0.4, -0.2) is 60.0 Å². The Morgan fingerprint density at radius 3 is 2.32 bits per heavy atom. The Labute approximate surface area is 118 Å². The first-order chi connectivity index (χ1) is 8.95. The maximum Gasteiger partial charge on any atom is 0.237 e. The average molecular weight is 269 g/mol. The third-order valence-electron chi connectivity index (χ3n) is 3.85. The second kappa shape index (κ2) is 7.85. The standard InChI is InChI=1S/C15H31N3O/c1-6-17(10-14-8-7-9-16-14)11-15(19)18(12(2)3)13(4)5/h12-14,16H,6-11H2,1-5H3. The van der Waals surface area contributed by atoms with Crippen LogP contribution in [0.15, 0.2) is 0 Å². The SMILES string of the molecule is CCN(CC(=O)N(C(C)C)C(C)C)CC1CCCN1. The van der Waals surface area contributed by atoms with E-state index in [0.717, 1.165) is 19.6 Å². The van der Waals surface area contributed by atoms with Crippen molar-refractivity contribution in [1.29, 1.82) is 0 Å². The Kier molecular flexibility index (Phi) is 6.80. The lowest BCUT2D eigenvalue weighted by Crippen LogP contribution is -2.49. The van der Waals surface area contributed by atoms with Gasteiger partial charge in [0.25, 0.3) is 0 Å². The molecule has 1 fully saturated rings. The van der Waals surface area contributed by atoms with E-state index in [1.165, 1.54) is 12.8 Å². The van der Waals surface area contributed by atoms with Gasteiger partial charge in [-0.1, -0.05) is 6.92 Å². The lowest BCUT2D eigenvalue weighted by Gasteiger charge is -2.33. The summed E-state index contributed by atoms with van der Waals surface area (Å²) in [6.45, 7) is 14.1. The lowest BCUT2D eigenvalue weighted by molar-refractivity contribution is -0.136. The molecule has 0 aliphatic carbocycles. The van der Waals surface area contributed by atoms with Gasteiger partial charge in [0.2, 0.25) is 5.91 Å². The topological polar surface area (TPSA) is 35.6 Å². The first kappa shape index (κ1) is 16.4. The molecule has 1 unspecified atom stereocenters. The summed E-state index contributed by atoms with van der Waals surface area (Å²) in [6, 6.07) is 1.12. The molecule has 1 amide bonds. The highest BCUT2D eigenvalue weighted by atomic mass is 16.2. The fraction of sp³-hybridized carbons (Fsp3) is 0.933. The van der Waals surface area contributed by atoms with Crippen LogP contribution in [0.25, 0.3) is 0 Å². The average Bonchev–Trinajstić information content (AvgIpc) is 2.79. The minimum absolute atomic E-state index is 0.254. The molecule has 1 aliphatic heterocycles. The molecule has 1 N–H and O–H groups in total. The van der Waals surface area contributed by atoms with Crippen molar-refractivity contribution < 1.29 is 4.79 Å². The van der Waals surface area contributed by atoms with Crippen LogP contribution in [0.3, 0.4) is 0 Å². The number of nitrogens with one attached hydrogen (secondary N) is 1. The molecule has 0 aromatic heterocycles. The van der Waals surface area contributed by atoms with Gasteiger partial charge in [-0.15, -0.1) is 0 Å². The van der Waals surface area contributed by atoms with Crippen molar-refractivity contribution in [2.24, 2.45) is 0 Å². The summed E-state index contributed by atoms with van der Waals surface area (Å²) in [5.74, 6) is 0.254. The highest BCUT2D eigenvalue weighted by Gasteiger charge is 2.23. The molecule has 19 heavy (non-hydrogen) atoms. The number of hydrogen-bond donors (Lipinski definition) is 1. The van der Waals surface area contributed by atoms with Crippen LogP contribution >= 0.6 is 0 Å². The molecule has 1 aliphatic rings. The first-order valence-corrected chi connectivity index (χ1v) is 7.72. The van der Waals surface area contributed by atoms with E-state index < -0.39 is 0 Å². The summed E-state index contributed by atoms with van der Waals surface area (Å²) in [5, 5.41) is 3.50. The number of nitrogens with zero attached hydrogens (tertiary/aromatic N) is 2. The summed E-state index contributed by atoms with van der Waals surface area (Å²) >= 11 is 0. The van der Waals surface area contributed by atoms with Gasteiger partial charge in [0.15, 0.2) is 0 Å². The molecule has 1 saturated heterocycles. The Morgan fingerprint density at radius 2 is 1.89 bits per heavy atom. The fourth-order valence-corrected chi connectivity index (χ4v) is 2.97. The monoisotopic (exact) mass is 269 g/mol. The molecule has 1 heterocycles. The second-order valence-electron chi connectivity index (χ2n) is 6.11. The summed E-state index contributed by atoms with van der Waals surface area (Å²) < 4.78 is 0. The van der Waals surface area contributed by atoms with Crippen molar-refractivity contribution in [1.82, 2.24) is 15.1 Å². The maximum absolute atomic E-state index is 12.4. The molecular formula is C15H31N3O. The summed E-state index contributed by atoms with van der Waals surface area (Å²) in [7, 11) is 0. The molecule has 1 rings (SSSR count). The van der Waals surface area contributed by atoms with Crippen molar-refractivity contribution in [3.05, 3.63) is 0 Å². The Bertz CT molecular complexity index is 265. The smallest absolute Gasteiger partial charge is 0.237 e. The largest absolute Gasteiger partial charge is 0.337 e. The van der Waals surface area contributed by atoms with Crippen LogP contribution in [0.2, 0.25) is 0 Å². The zero-order chi connectivity index (χ0) is 14.4. The Hall–Kier alpha value is -0.610. The van der Waals surface area contributed by atoms with Gasteiger partial charge in [-0.3, -0.25) is 9.69 Å². The van der Waals surface area contributed by atoms with Crippen molar-refractivity contribution in [2.45, 2.75) is 65.6 Å². The molecule has 112 valence electrons. The van der Waals surface area contributed by atoms with Gasteiger partial charge in [-0.05, 0) is 53.6 Å². The minimum Gasteiger partial charge on any atom is -0.337 e. The predicted molar refractivity (Wildman–Crippen MR) is 80.3 cm³/mol. The maximum atomic E-state index is 12.4. The minimum atomic E-state index is 0.254. The van der Waals surface area contributed by atoms with E-state index in [2.05, 4.69) is 44.8 Å². The van der Waals surface area contributed by atoms with Gasteiger partial charge in [0.1, 0.15) is 0 Å². The number of carbonyl (C=O) groups excluding carboxylic acids is 1. The van der Waals surface area contributed by atoms with Gasteiger partial charge in [-0.2, -0.15) is 0 Å². The van der Waals surface area contributed by atoms with Gasteiger partial charge in [0, 0.05) is 24.7 Å². The second-order valence-corrected chi connectivity index (χ2v) is 6.11. The van der Waals surface area contributed by atoms with E-state index in [1.54, 1.807) is 0 Å². The third kappa shape index (κ3) is 5.11. The number of hydrogen-bond acceptors (Lipinski definition) is 3. The van der Waals surface area contributed by atoms with Crippen LogP contribution in [0.1, 0.15) is 47.5 Å². The normalized spacial score (nSPS) is 19.7. The van der Waals surface area contributed by atoms with Crippen molar-refractivity contribution in [3.8, 4) is 0 Å². The van der Waals surface area contributed by atoms with Crippen LogP contribution < -0.4 is 5.32 Å². The van der Waals surface area contributed by atoms with Gasteiger partial charge in [0.05, 0.1) is 6.54 Å². The van der Waals surface area contributed by atoms with Crippen LogP contribution in [0, 0.1) is 0 Å². The van der Waals surface area contributed by atoms with Crippen molar-refractivity contribution in [3.63, 3.8) is 0 Å². The van der Waals surface area contributed by atoms with Crippen LogP contribution in [-0.2, 0) is 4.79 Å². The summed E-state index contributed by atoms with van der Waals surface area (Å²) in [5.41, 5.74) is 0. The molecule has 4 nitrogen and oxygen atoms in total. The molecule has 1 atom stereocenters. The van der Waals surface area contributed by atoms with Crippen molar-refractivity contribution >= 4 is 5.91 Å². The van der Waals surface area contributed by atoms with Gasteiger partial charge < -0.3 is 10.2 Å². The van der Waals surface area contributed by atoms with E-state index in [9.17, 15) is 4.79 Å². The molecule has 0 saturated carbocycles. The number of likely N-dealkylation sites (N-methyl/N-ethyl adjacent to an activating group) is 1. The molecule has 0 aromatic carbocycles. The number of rotatable bonds is 7. The molecule has 0 radical (unpaired) electrons. The number of amides is 1. The molecule has 0 spiro atoms. The molecular weight excluding hydrogens is 238 g/mol. The van der Waals surface area contributed by atoms with E-state index in [1.807, 2.05) is 4.90 Å². The van der Waals surface area contributed by atoms with Gasteiger partial charge in [-0.25, -0.2) is 0 Å². The summed E-state index contributed by atoms with van der Waals surface area (Å²) in [6.07, 6.45) is 2.50. The first-order valence-electron chi connectivity index (χ1n) is 7.72. The molecule has 0 aromatic rings. The third-order valence-corrected chi connectivity index (χ3v) is 3.85.